The summed E-state index contributed by atoms with van der Waals surface area (Å²) in [6.07, 6.45) is 1.95. The Morgan fingerprint density at radius 2 is 2.07 bits per heavy atom. The molecular weight excluding hydrogens is 198 g/mol. The number of phenolic OH excluding ortho intramolecular Hbond substituents is 1. The van der Waals surface area contributed by atoms with E-state index in [-0.39, 0.29) is 18.4 Å². The molecule has 1 rings (SSSR count). The number of benzene rings is 1. The molecule has 1 aromatic carbocycles. The van der Waals surface area contributed by atoms with Crippen LogP contribution >= 0.6 is 12.4 Å². The average molecular weight is 216 g/mol. The highest BCUT2D eigenvalue weighted by Gasteiger charge is 2.09. The zero-order chi connectivity index (χ0) is 9.84. The fraction of sp³-hybridized carbons (Fsp3) is 0.455. The third-order valence-electron chi connectivity index (χ3n) is 2.19. The quantitative estimate of drug-likeness (QED) is 0.815. The molecule has 0 fully saturated rings. The molecule has 0 unspecified atom stereocenters. The highest BCUT2D eigenvalue weighted by molar-refractivity contribution is 5.85. The van der Waals surface area contributed by atoms with Gasteiger partial charge in [-0.3, -0.25) is 0 Å². The highest BCUT2D eigenvalue weighted by Crippen LogP contribution is 2.26. The van der Waals surface area contributed by atoms with Crippen molar-refractivity contribution in [2.45, 2.75) is 32.7 Å². The summed E-state index contributed by atoms with van der Waals surface area (Å²) in [6, 6.07) is 5.60. The lowest BCUT2D eigenvalue weighted by Crippen LogP contribution is -2.09. The molecule has 0 bridgehead atoms. The number of phenols is 1. The summed E-state index contributed by atoms with van der Waals surface area (Å²) in [5, 5.41) is 9.61. The monoisotopic (exact) mass is 215 g/mol. The molecule has 1 atom stereocenters. The summed E-state index contributed by atoms with van der Waals surface area (Å²) in [5.41, 5.74) is 7.81. The molecular formula is C11H18ClNO. The second-order valence-corrected chi connectivity index (χ2v) is 3.46. The summed E-state index contributed by atoms with van der Waals surface area (Å²) >= 11 is 0. The van der Waals surface area contributed by atoms with Crippen molar-refractivity contribution >= 4 is 12.4 Å². The van der Waals surface area contributed by atoms with Crippen LogP contribution in [0.3, 0.4) is 0 Å². The first-order valence-electron chi connectivity index (χ1n) is 4.70. The van der Waals surface area contributed by atoms with Gasteiger partial charge in [-0.15, -0.1) is 12.4 Å². The van der Waals surface area contributed by atoms with Crippen LogP contribution in [-0.4, -0.2) is 5.11 Å². The van der Waals surface area contributed by atoms with Crippen molar-refractivity contribution < 1.29 is 5.11 Å². The van der Waals surface area contributed by atoms with Crippen LogP contribution < -0.4 is 5.73 Å². The standard InChI is InChI=1S/C11H17NO.ClH/c1-3-4-10(12)9-6-5-8(2)7-11(9)13;/h5-7,10,13H,3-4,12H2,1-2H3;1H/t10-;/m0./s1. The first-order valence-corrected chi connectivity index (χ1v) is 4.70. The number of aromatic hydroxyl groups is 1. The van der Waals surface area contributed by atoms with Gasteiger partial charge in [-0.05, 0) is 25.0 Å². The van der Waals surface area contributed by atoms with Gasteiger partial charge in [-0.25, -0.2) is 0 Å². The van der Waals surface area contributed by atoms with Gasteiger partial charge >= 0.3 is 0 Å². The molecule has 80 valence electrons. The van der Waals surface area contributed by atoms with Crippen molar-refractivity contribution in [2.24, 2.45) is 5.73 Å². The molecule has 1 aromatic rings. The summed E-state index contributed by atoms with van der Waals surface area (Å²) in [6.45, 7) is 4.04. The Balaban J connectivity index is 0.00000169. The van der Waals surface area contributed by atoms with E-state index in [1.54, 1.807) is 6.07 Å². The largest absolute Gasteiger partial charge is 0.508 e. The van der Waals surface area contributed by atoms with Gasteiger partial charge in [0, 0.05) is 11.6 Å². The minimum absolute atomic E-state index is 0. The molecule has 14 heavy (non-hydrogen) atoms. The summed E-state index contributed by atoms with van der Waals surface area (Å²) in [7, 11) is 0. The Morgan fingerprint density at radius 3 is 2.57 bits per heavy atom. The first kappa shape index (κ1) is 13.3. The Morgan fingerprint density at radius 1 is 1.43 bits per heavy atom. The summed E-state index contributed by atoms with van der Waals surface area (Å²) < 4.78 is 0. The maximum atomic E-state index is 9.61. The van der Waals surface area contributed by atoms with Crippen LogP contribution in [0.25, 0.3) is 0 Å². The SMILES string of the molecule is CCC[C@H](N)c1ccc(C)cc1O.Cl. The Labute approximate surface area is 91.5 Å². The van der Waals surface area contributed by atoms with Gasteiger partial charge in [-0.2, -0.15) is 0 Å². The van der Waals surface area contributed by atoms with Gasteiger partial charge < -0.3 is 10.8 Å². The van der Waals surface area contributed by atoms with Crippen LogP contribution in [0.4, 0.5) is 0 Å². The maximum absolute atomic E-state index is 9.61. The molecule has 0 heterocycles. The van der Waals surface area contributed by atoms with E-state index in [4.69, 9.17) is 5.73 Å². The van der Waals surface area contributed by atoms with Crippen molar-refractivity contribution in [3.05, 3.63) is 29.3 Å². The Hall–Kier alpha value is -0.730. The number of nitrogens with two attached hydrogens (primary N) is 1. The number of hydrogen-bond acceptors (Lipinski definition) is 2. The van der Waals surface area contributed by atoms with Crippen molar-refractivity contribution in [2.75, 3.05) is 0 Å². The van der Waals surface area contributed by atoms with Crippen LogP contribution in [0, 0.1) is 6.92 Å². The third kappa shape index (κ3) is 3.20. The zero-order valence-electron chi connectivity index (χ0n) is 8.66. The van der Waals surface area contributed by atoms with E-state index in [1.165, 1.54) is 0 Å². The lowest BCUT2D eigenvalue weighted by Gasteiger charge is -2.12. The smallest absolute Gasteiger partial charge is 0.120 e. The van der Waals surface area contributed by atoms with Crippen molar-refractivity contribution in [1.29, 1.82) is 0 Å². The number of halogens is 1. The van der Waals surface area contributed by atoms with Crippen LogP contribution in [0.5, 0.6) is 5.75 Å². The Bertz CT molecular complexity index is 289. The molecule has 3 heteroatoms. The molecule has 0 saturated carbocycles. The first-order chi connectivity index (χ1) is 6.15. The van der Waals surface area contributed by atoms with E-state index in [1.807, 2.05) is 19.1 Å². The van der Waals surface area contributed by atoms with Gasteiger partial charge in [0.1, 0.15) is 5.75 Å². The number of aryl methyl sites for hydroxylation is 1. The Kier molecular flexibility index (Phi) is 5.58. The number of rotatable bonds is 3. The fourth-order valence-electron chi connectivity index (χ4n) is 1.43. The van der Waals surface area contributed by atoms with Crippen LogP contribution in [-0.2, 0) is 0 Å². The molecule has 0 aromatic heterocycles. The van der Waals surface area contributed by atoms with Gasteiger partial charge in [-0.1, -0.05) is 25.5 Å². The van der Waals surface area contributed by atoms with E-state index in [2.05, 4.69) is 6.92 Å². The average Bonchev–Trinajstić information content (AvgIpc) is 2.04. The van der Waals surface area contributed by atoms with E-state index in [0.717, 1.165) is 24.0 Å². The third-order valence-corrected chi connectivity index (χ3v) is 2.19. The molecule has 2 nitrogen and oxygen atoms in total. The van der Waals surface area contributed by atoms with Gasteiger partial charge in [0.2, 0.25) is 0 Å². The molecule has 0 aliphatic rings. The van der Waals surface area contributed by atoms with Crippen LogP contribution in [0.1, 0.15) is 36.9 Å². The number of hydrogen-bond donors (Lipinski definition) is 2. The molecule has 0 spiro atoms. The second-order valence-electron chi connectivity index (χ2n) is 3.46. The molecule has 0 amide bonds. The normalized spacial score (nSPS) is 11.9. The van der Waals surface area contributed by atoms with Crippen molar-refractivity contribution in [3.63, 3.8) is 0 Å². The van der Waals surface area contributed by atoms with Gasteiger partial charge in [0.25, 0.3) is 0 Å². The lowest BCUT2D eigenvalue weighted by molar-refractivity contribution is 0.457. The topological polar surface area (TPSA) is 46.2 Å². The highest BCUT2D eigenvalue weighted by atomic mass is 35.5. The van der Waals surface area contributed by atoms with Crippen LogP contribution in [0.15, 0.2) is 18.2 Å². The molecule has 0 saturated heterocycles. The molecule has 0 radical (unpaired) electrons. The maximum Gasteiger partial charge on any atom is 0.120 e. The van der Waals surface area contributed by atoms with Crippen molar-refractivity contribution in [3.8, 4) is 5.75 Å². The predicted octanol–water partition coefficient (Wildman–Crippen LogP) is 2.92. The predicted molar refractivity (Wildman–Crippen MR) is 61.9 cm³/mol. The van der Waals surface area contributed by atoms with Crippen molar-refractivity contribution in [1.82, 2.24) is 0 Å². The summed E-state index contributed by atoms with van der Waals surface area (Å²) in [4.78, 5) is 0. The van der Waals surface area contributed by atoms with E-state index in [0.29, 0.717) is 5.75 Å². The second kappa shape index (κ2) is 5.89. The zero-order valence-corrected chi connectivity index (χ0v) is 9.47. The van der Waals surface area contributed by atoms with Gasteiger partial charge in [0.15, 0.2) is 0 Å². The molecule has 0 aliphatic heterocycles. The minimum Gasteiger partial charge on any atom is -0.508 e. The fourth-order valence-corrected chi connectivity index (χ4v) is 1.43. The lowest BCUT2D eigenvalue weighted by atomic mass is 10.0. The van der Waals surface area contributed by atoms with E-state index in [9.17, 15) is 5.11 Å². The molecule has 0 aliphatic carbocycles. The minimum atomic E-state index is -0.0365. The van der Waals surface area contributed by atoms with Crippen LogP contribution in [0.2, 0.25) is 0 Å². The van der Waals surface area contributed by atoms with E-state index >= 15 is 0 Å². The molecule has 3 N–H and O–H groups in total. The van der Waals surface area contributed by atoms with E-state index < -0.39 is 0 Å². The van der Waals surface area contributed by atoms with Gasteiger partial charge in [0.05, 0.1) is 0 Å². The summed E-state index contributed by atoms with van der Waals surface area (Å²) in [5.74, 6) is 0.320.